The first-order valence-electron chi connectivity index (χ1n) is 8.90. The zero-order valence-electron chi connectivity index (χ0n) is 15.6. The number of fused-ring (bicyclic) bond motifs is 1. The van der Waals surface area contributed by atoms with Gasteiger partial charge in [0.15, 0.2) is 23.2 Å². The van der Waals surface area contributed by atoms with Crippen LogP contribution in [-0.2, 0) is 4.79 Å². The molecule has 4 aromatic rings. The summed E-state index contributed by atoms with van der Waals surface area (Å²) in [6.45, 7) is -0.140. The number of thiazole rings is 1. The first-order valence-corrected chi connectivity index (χ1v) is 9.72. The fourth-order valence-corrected chi connectivity index (χ4v) is 3.59. The molecule has 0 radical (unpaired) electrons. The molecule has 0 spiro atoms. The highest BCUT2D eigenvalue weighted by molar-refractivity contribution is 7.22. The van der Waals surface area contributed by atoms with Crippen molar-refractivity contribution in [2.75, 3.05) is 19.0 Å². The van der Waals surface area contributed by atoms with Gasteiger partial charge < -0.3 is 14.2 Å². The van der Waals surface area contributed by atoms with Crippen molar-refractivity contribution in [3.8, 4) is 23.0 Å². The maximum atomic E-state index is 12.2. The summed E-state index contributed by atoms with van der Waals surface area (Å²) in [5.41, 5.74) is 0.788. The van der Waals surface area contributed by atoms with E-state index in [0.717, 1.165) is 16.0 Å². The van der Waals surface area contributed by atoms with Gasteiger partial charge in [-0.05, 0) is 36.4 Å². The van der Waals surface area contributed by atoms with Gasteiger partial charge in [-0.1, -0.05) is 41.7 Å². The quantitative estimate of drug-likeness (QED) is 0.462. The molecule has 0 aliphatic rings. The fourth-order valence-electron chi connectivity index (χ4n) is 2.68. The van der Waals surface area contributed by atoms with E-state index in [9.17, 15) is 4.79 Å². The van der Waals surface area contributed by atoms with Gasteiger partial charge in [0.25, 0.3) is 5.91 Å². The molecular formula is C22H18N2O4S. The third kappa shape index (κ3) is 4.64. The number of para-hydroxylation sites is 3. The van der Waals surface area contributed by atoms with E-state index < -0.39 is 0 Å². The van der Waals surface area contributed by atoms with Crippen LogP contribution in [0.4, 0.5) is 5.13 Å². The second-order valence-electron chi connectivity index (χ2n) is 6.05. The number of nitrogens with one attached hydrogen (secondary N) is 1. The maximum absolute atomic E-state index is 12.2. The molecule has 0 saturated heterocycles. The van der Waals surface area contributed by atoms with E-state index in [1.165, 1.54) is 11.3 Å². The van der Waals surface area contributed by atoms with Gasteiger partial charge >= 0.3 is 0 Å². The molecule has 1 aromatic heterocycles. The van der Waals surface area contributed by atoms with Gasteiger partial charge in [0.2, 0.25) is 0 Å². The van der Waals surface area contributed by atoms with Crippen molar-refractivity contribution in [2.24, 2.45) is 0 Å². The number of nitrogens with zero attached hydrogens (tertiary/aromatic N) is 1. The summed E-state index contributed by atoms with van der Waals surface area (Å²) < 4.78 is 17.5. The minimum Gasteiger partial charge on any atom is -0.493 e. The van der Waals surface area contributed by atoms with Crippen molar-refractivity contribution < 1.29 is 19.0 Å². The van der Waals surface area contributed by atoms with E-state index in [0.29, 0.717) is 22.4 Å². The van der Waals surface area contributed by atoms with Gasteiger partial charge in [0, 0.05) is 6.07 Å². The first kappa shape index (κ1) is 18.8. The lowest BCUT2D eigenvalue weighted by atomic mass is 10.3. The minimum absolute atomic E-state index is 0.140. The van der Waals surface area contributed by atoms with Crippen LogP contribution in [0.3, 0.4) is 0 Å². The summed E-state index contributed by atoms with van der Waals surface area (Å²) in [5.74, 6) is 2.27. The SMILES string of the molecule is COc1ccccc1OCC(=O)Nc1nc2ccc(Oc3ccccc3)cc2s1. The second-order valence-corrected chi connectivity index (χ2v) is 7.08. The van der Waals surface area contributed by atoms with Crippen LogP contribution in [0, 0.1) is 0 Å². The molecule has 7 heteroatoms. The molecule has 6 nitrogen and oxygen atoms in total. The molecule has 3 aromatic carbocycles. The molecule has 4 rings (SSSR count). The predicted octanol–water partition coefficient (Wildman–Crippen LogP) is 5.11. The molecule has 146 valence electrons. The van der Waals surface area contributed by atoms with Crippen molar-refractivity contribution in [2.45, 2.75) is 0 Å². The van der Waals surface area contributed by atoms with Crippen molar-refractivity contribution >= 4 is 32.6 Å². The lowest BCUT2D eigenvalue weighted by molar-refractivity contribution is -0.118. The Balaban J connectivity index is 1.40. The number of carbonyl (C=O) groups excluding carboxylic acids is 1. The summed E-state index contributed by atoms with van der Waals surface area (Å²) in [5, 5.41) is 3.28. The Morgan fingerprint density at radius 3 is 2.52 bits per heavy atom. The van der Waals surface area contributed by atoms with Crippen LogP contribution in [0.15, 0.2) is 72.8 Å². The number of methoxy groups -OCH3 is 1. The Morgan fingerprint density at radius 2 is 1.72 bits per heavy atom. The van der Waals surface area contributed by atoms with E-state index in [4.69, 9.17) is 14.2 Å². The van der Waals surface area contributed by atoms with Crippen LogP contribution in [0.25, 0.3) is 10.2 Å². The highest BCUT2D eigenvalue weighted by Gasteiger charge is 2.11. The third-order valence-electron chi connectivity index (χ3n) is 4.01. The van der Waals surface area contributed by atoms with Gasteiger partial charge in [0.1, 0.15) is 11.5 Å². The molecule has 0 unspecified atom stereocenters. The summed E-state index contributed by atoms with van der Waals surface area (Å²) in [6, 6.07) is 22.4. The zero-order chi connectivity index (χ0) is 20.1. The highest BCUT2D eigenvalue weighted by atomic mass is 32.1. The van der Waals surface area contributed by atoms with Crippen molar-refractivity contribution in [1.82, 2.24) is 4.98 Å². The Kier molecular flexibility index (Phi) is 5.58. The van der Waals surface area contributed by atoms with Gasteiger partial charge in [0.05, 0.1) is 17.3 Å². The van der Waals surface area contributed by atoms with Gasteiger partial charge in [-0.2, -0.15) is 0 Å². The lowest BCUT2D eigenvalue weighted by Gasteiger charge is -2.09. The summed E-state index contributed by atoms with van der Waals surface area (Å²) in [7, 11) is 1.55. The number of anilines is 1. The van der Waals surface area contributed by atoms with Crippen LogP contribution in [-0.4, -0.2) is 24.6 Å². The second kappa shape index (κ2) is 8.62. The number of amides is 1. The normalized spacial score (nSPS) is 10.5. The molecule has 0 fully saturated rings. The number of rotatable bonds is 7. The smallest absolute Gasteiger partial charge is 0.264 e. The van der Waals surface area contributed by atoms with Crippen LogP contribution in [0.1, 0.15) is 0 Å². The third-order valence-corrected chi connectivity index (χ3v) is 4.95. The van der Waals surface area contributed by atoms with Crippen LogP contribution in [0.2, 0.25) is 0 Å². The number of ether oxygens (including phenoxy) is 3. The molecule has 0 atom stereocenters. The van der Waals surface area contributed by atoms with E-state index in [1.54, 1.807) is 19.2 Å². The Morgan fingerprint density at radius 1 is 0.966 bits per heavy atom. The molecule has 0 bridgehead atoms. The Hall–Kier alpha value is -3.58. The lowest BCUT2D eigenvalue weighted by Crippen LogP contribution is -2.20. The standard InChI is InChI=1S/C22H18N2O4S/c1-26-18-9-5-6-10-19(18)27-14-21(25)24-22-23-17-12-11-16(13-20(17)29-22)28-15-7-3-2-4-8-15/h2-13H,14H2,1H3,(H,23,24,25). The predicted molar refractivity (Wildman–Crippen MR) is 113 cm³/mol. The molecular weight excluding hydrogens is 388 g/mol. The minimum atomic E-state index is -0.296. The average molecular weight is 406 g/mol. The molecule has 0 aliphatic carbocycles. The molecule has 0 aliphatic heterocycles. The summed E-state index contributed by atoms with van der Waals surface area (Å²) in [4.78, 5) is 16.7. The topological polar surface area (TPSA) is 69.7 Å². The van der Waals surface area contributed by atoms with Crippen LogP contribution < -0.4 is 19.5 Å². The average Bonchev–Trinajstić information content (AvgIpc) is 3.14. The van der Waals surface area contributed by atoms with Crippen LogP contribution >= 0.6 is 11.3 Å². The van der Waals surface area contributed by atoms with Crippen LogP contribution in [0.5, 0.6) is 23.0 Å². The summed E-state index contributed by atoms with van der Waals surface area (Å²) in [6.07, 6.45) is 0. The largest absolute Gasteiger partial charge is 0.493 e. The Bertz CT molecular complexity index is 1130. The number of hydrogen-bond acceptors (Lipinski definition) is 6. The summed E-state index contributed by atoms with van der Waals surface area (Å²) >= 11 is 1.38. The van der Waals surface area contributed by atoms with E-state index in [1.807, 2.05) is 60.7 Å². The molecule has 1 N–H and O–H groups in total. The first-order chi connectivity index (χ1) is 14.2. The van der Waals surface area contributed by atoms with Gasteiger partial charge in [-0.15, -0.1) is 0 Å². The molecule has 1 heterocycles. The van der Waals surface area contributed by atoms with E-state index >= 15 is 0 Å². The van der Waals surface area contributed by atoms with Crippen molar-refractivity contribution in [3.05, 3.63) is 72.8 Å². The highest BCUT2D eigenvalue weighted by Crippen LogP contribution is 2.31. The molecule has 29 heavy (non-hydrogen) atoms. The monoisotopic (exact) mass is 406 g/mol. The Labute approximate surface area is 171 Å². The van der Waals surface area contributed by atoms with E-state index in [-0.39, 0.29) is 12.5 Å². The van der Waals surface area contributed by atoms with Gasteiger partial charge in [-0.25, -0.2) is 4.98 Å². The zero-order valence-corrected chi connectivity index (χ0v) is 16.4. The number of aromatic nitrogens is 1. The van der Waals surface area contributed by atoms with Gasteiger partial charge in [-0.3, -0.25) is 10.1 Å². The molecule has 0 saturated carbocycles. The number of hydrogen-bond donors (Lipinski definition) is 1. The van der Waals surface area contributed by atoms with Crippen molar-refractivity contribution in [3.63, 3.8) is 0 Å². The number of carbonyl (C=O) groups is 1. The van der Waals surface area contributed by atoms with Crippen molar-refractivity contribution in [1.29, 1.82) is 0 Å². The maximum Gasteiger partial charge on any atom is 0.264 e. The number of benzene rings is 3. The molecule has 1 amide bonds. The fraction of sp³-hybridized carbons (Fsp3) is 0.0909. The van der Waals surface area contributed by atoms with E-state index in [2.05, 4.69) is 10.3 Å².